The van der Waals surface area contributed by atoms with E-state index in [0.29, 0.717) is 6.42 Å². The van der Waals surface area contributed by atoms with Crippen molar-refractivity contribution in [3.05, 3.63) is 65.3 Å². The van der Waals surface area contributed by atoms with E-state index in [0.717, 1.165) is 56.1 Å². The van der Waals surface area contributed by atoms with Crippen LogP contribution in [-0.2, 0) is 17.8 Å². The summed E-state index contributed by atoms with van der Waals surface area (Å²) in [5.74, 6) is 0.287. The zero-order valence-electron chi connectivity index (χ0n) is 17.0. The number of carbonyl (C=O) groups excluding carboxylic acids is 1. The van der Waals surface area contributed by atoms with Crippen molar-refractivity contribution in [3.8, 4) is 0 Å². The van der Waals surface area contributed by atoms with Gasteiger partial charge in [0.15, 0.2) is 0 Å². The number of aromatic amines is 1. The largest absolute Gasteiger partial charge is 0.361 e. The van der Waals surface area contributed by atoms with Gasteiger partial charge < -0.3 is 9.88 Å². The van der Waals surface area contributed by atoms with Gasteiger partial charge in [-0.15, -0.1) is 11.3 Å². The van der Waals surface area contributed by atoms with Crippen LogP contribution in [0, 0.1) is 0 Å². The van der Waals surface area contributed by atoms with Crippen LogP contribution in [0.15, 0.2) is 54.7 Å². The molecule has 1 N–H and O–H groups in total. The first-order chi connectivity index (χ1) is 14.8. The third kappa shape index (κ3) is 4.11. The topological polar surface area (TPSA) is 52.2 Å². The van der Waals surface area contributed by atoms with Crippen molar-refractivity contribution < 1.29 is 4.79 Å². The summed E-state index contributed by atoms with van der Waals surface area (Å²) in [4.78, 5) is 25.2. The lowest BCUT2D eigenvalue weighted by molar-refractivity contribution is -0.133. The minimum Gasteiger partial charge on any atom is -0.361 e. The van der Waals surface area contributed by atoms with Gasteiger partial charge in [-0.3, -0.25) is 9.69 Å². The van der Waals surface area contributed by atoms with Crippen molar-refractivity contribution in [2.45, 2.75) is 25.8 Å². The average molecular weight is 419 g/mol. The second-order valence-electron chi connectivity index (χ2n) is 7.95. The summed E-state index contributed by atoms with van der Waals surface area (Å²) in [6, 6.07) is 16.7. The molecule has 0 spiro atoms. The lowest BCUT2D eigenvalue weighted by Crippen LogP contribution is -2.48. The maximum absolute atomic E-state index is 12.7. The summed E-state index contributed by atoms with van der Waals surface area (Å²) in [6.07, 6.45) is 4.53. The van der Waals surface area contributed by atoms with E-state index in [1.165, 1.54) is 21.2 Å². The quantitative estimate of drug-likeness (QED) is 0.503. The number of aromatic nitrogens is 2. The van der Waals surface area contributed by atoms with E-state index >= 15 is 0 Å². The Balaban J connectivity index is 1.09. The van der Waals surface area contributed by atoms with Gasteiger partial charge >= 0.3 is 0 Å². The van der Waals surface area contributed by atoms with Crippen LogP contribution in [-0.4, -0.2) is 51.9 Å². The molecule has 0 unspecified atom stereocenters. The summed E-state index contributed by atoms with van der Waals surface area (Å²) in [5, 5.41) is 2.43. The van der Waals surface area contributed by atoms with Gasteiger partial charge in [0.25, 0.3) is 0 Å². The average Bonchev–Trinajstić information content (AvgIpc) is 3.38. The molecular formula is C24H26N4OS. The first-order valence-electron chi connectivity index (χ1n) is 10.7. The van der Waals surface area contributed by atoms with E-state index in [9.17, 15) is 4.79 Å². The smallest absolute Gasteiger partial charge is 0.222 e. The molecule has 1 aliphatic heterocycles. The third-order valence-electron chi connectivity index (χ3n) is 5.93. The molecule has 1 saturated heterocycles. The van der Waals surface area contributed by atoms with E-state index in [2.05, 4.69) is 52.5 Å². The second kappa shape index (κ2) is 8.58. The standard InChI is InChI=1S/C24H26N4OS/c29-24(11-5-6-18-16-25-20-8-2-1-7-19(18)20)28-14-12-27(13-15-28)17-23-26-21-9-3-4-10-22(21)30-23/h1-4,7-10,16,25H,5-6,11-15,17H2. The number of para-hydroxylation sites is 2. The van der Waals surface area contributed by atoms with Crippen LogP contribution in [0.1, 0.15) is 23.4 Å². The molecule has 154 valence electrons. The Morgan fingerprint density at radius 1 is 1.03 bits per heavy atom. The number of nitrogens with zero attached hydrogens (tertiary/aromatic N) is 3. The van der Waals surface area contributed by atoms with Crippen molar-refractivity contribution in [2.75, 3.05) is 26.2 Å². The number of thiazole rings is 1. The number of H-pyrrole nitrogens is 1. The molecule has 30 heavy (non-hydrogen) atoms. The molecule has 2 aromatic carbocycles. The second-order valence-corrected chi connectivity index (χ2v) is 9.06. The van der Waals surface area contributed by atoms with Gasteiger partial charge in [0.2, 0.25) is 5.91 Å². The van der Waals surface area contributed by atoms with E-state index in [-0.39, 0.29) is 5.91 Å². The summed E-state index contributed by atoms with van der Waals surface area (Å²) >= 11 is 1.77. The van der Waals surface area contributed by atoms with E-state index in [1.807, 2.05) is 17.0 Å². The van der Waals surface area contributed by atoms with Gasteiger partial charge in [-0.25, -0.2) is 4.98 Å². The van der Waals surface area contributed by atoms with Crippen molar-refractivity contribution in [1.29, 1.82) is 0 Å². The molecule has 1 aliphatic rings. The van der Waals surface area contributed by atoms with Crippen LogP contribution in [0.25, 0.3) is 21.1 Å². The highest BCUT2D eigenvalue weighted by Gasteiger charge is 2.21. The number of piperazine rings is 1. The molecule has 4 aromatic rings. The van der Waals surface area contributed by atoms with Crippen LogP contribution in [0.3, 0.4) is 0 Å². The lowest BCUT2D eigenvalue weighted by atomic mass is 10.1. The first-order valence-corrected chi connectivity index (χ1v) is 11.5. The minimum absolute atomic E-state index is 0.287. The fourth-order valence-electron chi connectivity index (χ4n) is 4.26. The molecule has 5 nitrogen and oxygen atoms in total. The van der Waals surface area contributed by atoms with Gasteiger partial charge in [-0.05, 0) is 36.6 Å². The Morgan fingerprint density at radius 2 is 1.83 bits per heavy atom. The van der Waals surface area contributed by atoms with E-state index in [4.69, 9.17) is 4.98 Å². The normalized spacial score (nSPS) is 15.3. The number of amides is 1. The molecule has 0 aliphatic carbocycles. The zero-order valence-corrected chi connectivity index (χ0v) is 17.8. The number of carbonyl (C=O) groups is 1. The highest BCUT2D eigenvalue weighted by Crippen LogP contribution is 2.23. The van der Waals surface area contributed by atoms with Gasteiger partial charge in [0, 0.05) is 49.7 Å². The fourth-order valence-corrected chi connectivity index (χ4v) is 5.27. The Hall–Kier alpha value is -2.70. The number of rotatable bonds is 6. The number of nitrogens with one attached hydrogen (secondary N) is 1. The number of hydrogen-bond donors (Lipinski definition) is 1. The summed E-state index contributed by atoms with van der Waals surface area (Å²) in [5.41, 5.74) is 3.56. The van der Waals surface area contributed by atoms with Gasteiger partial charge in [0.1, 0.15) is 5.01 Å². The molecule has 0 radical (unpaired) electrons. The fraction of sp³-hybridized carbons (Fsp3) is 0.333. The SMILES string of the molecule is O=C(CCCc1c[nH]c2ccccc12)N1CCN(Cc2nc3ccccc3s2)CC1. The summed E-state index contributed by atoms with van der Waals surface area (Å²) in [7, 11) is 0. The van der Waals surface area contributed by atoms with Crippen molar-refractivity contribution in [2.24, 2.45) is 0 Å². The highest BCUT2D eigenvalue weighted by molar-refractivity contribution is 7.18. The Morgan fingerprint density at radius 3 is 2.70 bits per heavy atom. The Labute approximate surface area is 180 Å². The Bertz CT molecular complexity index is 1120. The van der Waals surface area contributed by atoms with Crippen molar-refractivity contribution in [3.63, 3.8) is 0 Å². The molecule has 0 bridgehead atoms. The maximum Gasteiger partial charge on any atom is 0.222 e. The molecule has 0 saturated carbocycles. The van der Waals surface area contributed by atoms with Crippen LogP contribution in [0.5, 0.6) is 0 Å². The van der Waals surface area contributed by atoms with Crippen LogP contribution in [0.4, 0.5) is 0 Å². The van der Waals surface area contributed by atoms with Crippen LogP contribution >= 0.6 is 11.3 Å². The van der Waals surface area contributed by atoms with Crippen molar-refractivity contribution in [1.82, 2.24) is 19.8 Å². The van der Waals surface area contributed by atoms with Gasteiger partial charge in [-0.2, -0.15) is 0 Å². The lowest BCUT2D eigenvalue weighted by Gasteiger charge is -2.34. The van der Waals surface area contributed by atoms with Gasteiger partial charge in [-0.1, -0.05) is 30.3 Å². The summed E-state index contributed by atoms with van der Waals surface area (Å²) < 4.78 is 1.25. The zero-order chi connectivity index (χ0) is 20.3. The molecule has 1 fully saturated rings. The molecule has 2 aromatic heterocycles. The van der Waals surface area contributed by atoms with Crippen molar-refractivity contribution >= 4 is 38.4 Å². The van der Waals surface area contributed by atoms with Gasteiger partial charge in [0.05, 0.1) is 16.8 Å². The predicted molar refractivity (Wildman–Crippen MR) is 123 cm³/mol. The molecule has 0 atom stereocenters. The first kappa shape index (κ1) is 19.3. The highest BCUT2D eigenvalue weighted by atomic mass is 32.1. The molecule has 5 rings (SSSR count). The van der Waals surface area contributed by atoms with Crippen LogP contribution in [0.2, 0.25) is 0 Å². The molecule has 6 heteroatoms. The van der Waals surface area contributed by atoms with E-state index < -0.39 is 0 Å². The maximum atomic E-state index is 12.7. The number of hydrogen-bond acceptors (Lipinski definition) is 4. The molecular weight excluding hydrogens is 392 g/mol. The number of benzene rings is 2. The minimum atomic E-state index is 0.287. The molecule has 3 heterocycles. The van der Waals surface area contributed by atoms with E-state index in [1.54, 1.807) is 11.3 Å². The molecule has 1 amide bonds. The number of fused-ring (bicyclic) bond motifs is 2. The monoisotopic (exact) mass is 418 g/mol. The predicted octanol–water partition coefficient (Wildman–Crippen LogP) is 4.44. The summed E-state index contributed by atoms with van der Waals surface area (Å²) in [6.45, 7) is 4.35. The number of aryl methyl sites for hydroxylation is 1. The van der Waals surface area contributed by atoms with Crippen LogP contribution < -0.4 is 0 Å². The Kier molecular flexibility index (Phi) is 5.51. The third-order valence-corrected chi connectivity index (χ3v) is 6.95.